The van der Waals surface area contributed by atoms with Crippen molar-refractivity contribution in [3.8, 4) is 0 Å². The third kappa shape index (κ3) is 5.27. The summed E-state index contributed by atoms with van der Waals surface area (Å²) in [6.45, 7) is 1.59. The van der Waals surface area contributed by atoms with E-state index in [4.69, 9.17) is 5.11 Å². The Morgan fingerprint density at radius 1 is 1.10 bits per heavy atom. The number of benzene rings is 1. The van der Waals surface area contributed by atoms with E-state index in [1.807, 2.05) is 14.1 Å². The van der Waals surface area contributed by atoms with Crippen molar-refractivity contribution in [2.24, 2.45) is 0 Å². The number of urea groups is 1. The second kappa shape index (κ2) is 7.49. The molecule has 0 fully saturated rings. The van der Waals surface area contributed by atoms with Crippen LogP contribution >= 0.6 is 0 Å². The van der Waals surface area contributed by atoms with Gasteiger partial charge in [-0.05, 0) is 51.3 Å². The Balaban J connectivity index is 2.46. The molecule has 0 unspecified atom stereocenters. The molecule has 0 saturated carbocycles. The minimum absolute atomic E-state index is 0.197. The predicted octanol–water partition coefficient (Wildman–Crippen LogP) is 1.80. The van der Waals surface area contributed by atoms with Gasteiger partial charge < -0.3 is 20.2 Å². The third-order valence-corrected chi connectivity index (χ3v) is 2.83. The molecule has 0 aliphatic carbocycles. The number of amides is 2. The van der Waals surface area contributed by atoms with Gasteiger partial charge in [0.05, 0.1) is 5.56 Å². The Hall–Kier alpha value is -2.08. The molecule has 0 atom stereocenters. The number of carboxylic acids is 1. The van der Waals surface area contributed by atoms with Crippen LogP contribution < -0.4 is 5.32 Å². The van der Waals surface area contributed by atoms with Gasteiger partial charge in [-0.2, -0.15) is 0 Å². The molecule has 6 nitrogen and oxygen atoms in total. The van der Waals surface area contributed by atoms with E-state index < -0.39 is 5.97 Å². The first-order valence-electron chi connectivity index (χ1n) is 6.40. The number of anilines is 1. The summed E-state index contributed by atoms with van der Waals surface area (Å²) in [5.41, 5.74) is 0.779. The average molecular weight is 279 g/mol. The highest BCUT2D eigenvalue weighted by Crippen LogP contribution is 2.10. The first kappa shape index (κ1) is 16.0. The van der Waals surface area contributed by atoms with Crippen LogP contribution in [0.4, 0.5) is 10.5 Å². The van der Waals surface area contributed by atoms with Crippen LogP contribution in [-0.2, 0) is 0 Å². The lowest BCUT2D eigenvalue weighted by molar-refractivity contribution is 0.0697. The summed E-state index contributed by atoms with van der Waals surface area (Å²) in [4.78, 5) is 26.3. The maximum atomic E-state index is 11.9. The first-order chi connectivity index (χ1) is 9.40. The zero-order valence-corrected chi connectivity index (χ0v) is 12.1. The molecule has 0 aromatic heterocycles. The monoisotopic (exact) mass is 279 g/mol. The maximum absolute atomic E-state index is 11.9. The SMILES string of the molecule is CN(C)CCCN(C)C(=O)Nc1ccc(C(=O)O)cc1. The van der Waals surface area contributed by atoms with Gasteiger partial charge in [0.1, 0.15) is 0 Å². The smallest absolute Gasteiger partial charge is 0.335 e. The van der Waals surface area contributed by atoms with Gasteiger partial charge in [-0.15, -0.1) is 0 Å². The molecule has 0 heterocycles. The molecular formula is C14H21N3O3. The van der Waals surface area contributed by atoms with Gasteiger partial charge in [0.25, 0.3) is 0 Å². The summed E-state index contributed by atoms with van der Waals surface area (Å²) in [6.07, 6.45) is 0.898. The number of rotatable bonds is 6. The lowest BCUT2D eigenvalue weighted by atomic mass is 10.2. The highest BCUT2D eigenvalue weighted by atomic mass is 16.4. The molecule has 0 aliphatic rings. The van der Waals surface area contributed by atoms with Crippen LogP contribution in [0.1, 0.15) is 16.8 Å². The fourth-order valence-electron chi connectivity index (χ4n) is 1.64. The summed E-state index contributed by atoms with van der Waals surface area (Å²) in [7, 11) is 5.71. The summed E-state index contributed by atoms with van der Waals surface area (Å²) in [5, 5.41) is 11.5. The molecular weight excluding hydrogens is 258 g/mol. The molecule has 6 heteroatoms. The number of carbonyl (C=O) groups excluding carboxylic acids is 1. The van der Waals surface area contributed by atoms with Gasteiger partial charge in [-0.25, -0.2) is 9.59 Å². The lowest BCUT2D eigenvalue weighted by Gasteiger charge is -2.19. The van der Waals surface area contributed by atoms with Crippen molar-refractivity contribution in [3.63, 3.8) is 0 Å². The Bertz CT molecular complexity index is 457. The van der Waals surface area contributed by atoms with E-state index in [9.17, 15) is 9.59 Å². The lowest BCUT2D eigenvalue weighted by Crippen LogP contribution is -2.33. The van der Waals surface area contributed by atoms with E-state index >= 15 is 0 Å². The minimum atomic E-state index is -0.983. The van der Waals surface area contributed by atoms with Crippen LogP contribution in [0, 0.1) is 0 Å². The second-order valence-corrected chi connectivity index (χ2v) is 4.89. The van der Waals surface area contributed by atoms with Crippen LogP contribution in [-0.4, -0.2) is 61.1 Å². The van der Waals surface area contributed by atoms with Crippen LogP contribution in [0.3, 0.4) is 0 Å². The Labute approximate surface area is 119 Å². The zero-order valence-electron chi connectivity index (χ0n) is 12.1. The van der Waals surface area contributed by atoms with Crippen molar-refractivity contribution in [2.75, 3.05) is 39.5 Å². The molecule has 0 saturated heterocycles. The van der Waals surface area contributed by atoms with E-state index in [0.29, 0.717) is 12.2 Å². The summed E-state index contributed by atoms with van der Waals surface area (Å²) < 4.78 is 0. The Morgan fingerprint density at radius 2 is 1.70 bits per heavy atom. The maximum Gasteiger partial charge on any atom is 0.335 e. The predicted molar refractivity (Wildman–Crippen MR) is 78.2 cm³/mol. The first-order valence-corrected chi connectivity index (χ1v) is 6.40. The highest BCUT2D eigenvalue weighted by molar-refractivity contribution is 5.91. The van der Waals surface area contributed by atoms with Crippen LogP contribution in [0.2, 0.25) is 0 Å². The van der Waals surface area contributed by atoms with Gasteiger partial charge >= 0.3 is 12.0 Å². The number of aromatic carboxylic acids is 1. The van der Waals surface area contributed by atoms with E-state index in [0.717, 1.165) is 13.0 Å². The van der Waals surface area contributed by atoms with Crippen molar-refractivity contribution < 1.29 is 14.7 Å². The summed E-state index contributed by atoms with van der Waals surface area (Å²) in [6, 6.07) is 5.88. The topological polar surface area (TPSA) is 72.9 Å². The molecule has 0 aliphatic heterocycles. The second-order valence-electron chi connectivity index (χ2n) is 4.89. The number of hydrogen-bond donors (Lipinski definition) is 2. The zero-order chi connectivity index (χ0) is 15.1. The standard InChI is InChI=1S/C14H21N3O3/c1-16(2)9-4-10-17(3)14(20)15-12-7-5-11(6-8-12)13(18)19/h5-8H,4,9-10H2,1-3H3,(H,15,20)(H,18,19). The quantitative estimate of drug-likeness (QED) is 0.833. The molecule has 2 N–H and O–H groups in total. The van der Waals surface area contributed by atoms with Crippen molar-refractivity contribution in [2.45, 2.75) is 6.42 Å². The van der Waals surface area contributed by atoms with Gasteiger partial charge in [0.2, 0.25) is 0 Å². The highest BCUT2D eigenvalue weighted by Gasteiger charge is 2.09. The molecule has 0 radical (unpaired) electrons. The number of carbonyl (C=O) groups is 2. The van der Waals surface area contributed by atoms with Crippen molar-refractivity contribution >= 4 is 17.7 Å². The molecule has 20 heavy (non-hydrogen) atoms. The number of nitrogens with zero attached hydrogens (tertiary/aromatic N) is 2. The minimum Gasteiger partial charge on any atom is -0.478 e. The molecule has 110 valence electrons. The Morgan fingerprint density at radius 3 is 2.20 bits per heavy atom. The van der Waals surface area contributed by atoms with Gasteiger partial charge in [-0.3, -0.25) is 0 Å². The average Bonchev–Trinajstić information content (AvgIpc) is 2.38. The molecule has 1 rings (SSSR count). The molecule has 0 bridgehead atoms. The third-order valence-electron chi connectivity index (χ3n) is 2.83. The van der Waals surface area contributed by atoms with Crippen molar-refractivity contribution in [3.05, 3.63) is 29.8 Å². The van der Waals surface area contributed by atoms with Gasteiger partial charge in [0, 0.05) is 19.3 Å². The summed E-state index contributed by atoms with van der Waals surface area (Å²) >= 11 is 0. The molecule has 1 aromatic rings. The number of hydrogen-bond acceptors (Lipinski definition) is 3. The van der Waals surface area contributed by atoms with Gasteiger partial charge in [0.15, 0.2) is 0 Å². The van der Waals surface area contributed by atoms with Gasteiger partial charge in [-0.1, -0.05) is 0 Å². The van der Waals surface area contributed by atoms with Crippen LogP contribution in [0.5, 0.6) is 0 Å². The molecule has 0 spiro atoms. The largest absolute Gasteiger partial charge is 0.478 e. The fourth-order valence-corrected chi connectivity index (χ4v) is 1.64. The normalized spacial score (nSPS) is 10.4. The van der Waals surface area contributed by atoms with Crippen molar-refractivity contribution in [1.29, 1.82) is 0 Å². The summed E-state index contributed by atoms with van der Waals surface area (Å²) in [5.74, 6) is -0.983. The number of nitrogens with one attached hydrogen (secondary N) is 1. The molecule has 1 aromatic carbocycles. The number of carboxylic acid groups (broad SMARTS) is 1. The van der Waals surface area contributed by atoms with Crippen LogP contribution in [0.25, 0.3) is 0 Å². The fraction of sp³-hybridized carbons (Fsp3) is 0.429. The Kier molecular flexibility index (Phi) is 5.99. The van der Waals surface area contributed by atoms with Crippen LogP contribution in [0.15, 0.2) is 24.3 Å². The van der Waals surface area contributed by atoms with E-state index in [2.05, 4.69) is 10.2 Å². The van der Waals surface area contributed by atoms with E-state index in [1.165, 1.54) is 12.1 Å². The molecule has 2 amide bonds. The van der Waals surface area contributed by atoms with E-state index in [1.54, 1.807) is 24.1 Å². The van der Waals surface area contributed by atoms with E-state index in [-0.39, 0.29) is 11.6 Å². The van der Waals surface area contributed by atoms with Crippen molar-refractivity contribution in [1.82, 2.24) is 9.80 Å².